The third-order valence-electron chi connectivity index (χ3n) is 7.64. The van der Waals surface area contributed by atoms with Gasteiger partial charge in [-0.25, -0.2) is 24.1 Å². The molecule has 0 spiro atoms. The van der Waals surface area contributed by atoms with Crippen LogP contribution in [0.1, 0.15) is 48.2 Å². The molecule has 0 amide bonds. The lowest BCUT2D eigenvalue weighted by atomic mass is 10.0. The first-order chi connectivity index (χ1) is 20.3. The molecule has 0 radical (unpaired) electrons. The highest BCUT2D eigenvalue weighted by Gasteiger charge is 2.29. The third-order valence-corrected chi connectivity index (χ3v) is 7.85. The van der Waals surface area contributed by atoms with Crippen LogP contribution in [0.4, 0.5) is 4.39 Å². The highest BCUT2D eigenvalue weighted by Crippen LogP contribution is 2.27. The van der Waals surface area contributed by atoms with Crippen molar-refractivity contribution in [3.8, 4) is 11.8 Å². The normalized spacial score (nSPS) is 20.8. The van der Waals surface area contributed by atoms with E-state index in [1.165, 1.54) is 6.20 Å². The highest BCUT2D eigenvalue weighted by atomic mass is 35.5. The SMILES string of the molecule is C[C@H]1C[C@@H](Oc2ccnc(COc3ncc(Cl)cc3F)n2)CCN1Cc1nc2ccc(C(=O)O)cc2n1C[C@@H]1CCO1. The molecule has 5 heterocycles. The number of halogens is 2. The Hall–Kier alpha value is -3.87. The molecule has 0 unspecified atom stereocenters. The lowest BCUT2D eigenvalue weighted by Gasteiger charge is -2.37. The molecule has 220 valence electrons. The first-order valence-corrected chi connectivity index (χ1v) is 14.2. The van der Waals surface area contributed by atoms with E-state index in [0.717, 1.165) is 55.3 Å². The van der Waals surface area contributed by atoms with Crippen molar-refractivity contribution in [3.63, 3.8) is 0 Å². The second-order valence-electron chi connectivity index (χ2n) is 10.6. The van der Waals surface area contributed by atoms with Gasteiger partial charge in [0.15, 0.2) is 11.6 Å². The highest BCUT2D eigenvalue weighted by molar-refractivity contribution is 6.30. The van der Waals surface area contributed by atoms with Gasteiger partial charge in [-0.15, -0.1) is 0 Å². The van der Waals surface area contributed by atoms with E-state index in [2.05, 4.69) is 31.3 Å². The van der Waals surface area contributed by atoms with Crippen LogP contribution in [0.2, 0.25) is 5.02 Å². The van der Waals surface area contributed by atoms with E-state index >= 15 is 0 Å². The third kappa shape index (κ3) is 6.30. The fourth-order valence-electron chi connectivity index (χ4n) is 5.29. The number of benzene rings is 1. The van der Waals surface area contributed by atoms with Gasteiger partial charge in [-0.1, -0.05) is 11.6 Å². The molecule has 3 aromatic heterocycles. The Morgan fingerprint density at radius 1 is 1.21 bits per heavy atom. The summed E-state index contributed by atoms with van der Waals surface area (Å²) in [5.41, 5.74) is 1.83. The number of aromatic nitrogens is 5. The van der Waals surface area contributed by atoms with Gasteiger partial charge in [-0.3, -0.25) is 4.90 Å². The van der Waals surface area contributed by atoms with Gasteiger partial charge in [-0.2, -0.15) is 4.98 Å². The maximum atomic E-state index is 14.0. The van der Waals surface area contributed by atoms with Crippen molar-refractivity contribution in [1.29, 1.82) is 0 Å². The molecule has 11 nitrogen and oxygen atoms in total. The van der Waals surface area contributed by atoms with E-state index in [4.69, 9.17) is 30.8 Å². The Morgan fingerprint density at radius 2 is 2.07 bits per heavy atom. The van der Waals surface area contributed by atoms with Gasteiger partial charge in [0, 0.05) is 37.7 Å². The molecule has 1 N–H and O–H groups in total. The Kier molecular flexibility index (Phi) is 8.18. The van der Waals surface area contributed by atoms with Gasteiger partial charge in [0.05, 0.1) is 40.8 Å². The first kappa shape index (κ1) is 28.3. The Labute approximate surface area is 246 Å². The molecule has 1 aromatic carbocycles. The van der Waals surface area contributed by atoms with Crippen molar-refractivity contribution in [2.24, 2.45) is 0 Å². The molecule has 42 heavy (non-hydrogen) atoms. The van der Waals surface area contributed by atoms with Crippen molar-refractivity contribution in [3.05, 3.63) is 70.8 Å². The standard InChI is InChI=1S/C29H30ClFN6O5/c1-17-10-20(42-27-4-7-32-25(35-27)16-41-28-22(31)12-19(30)13-33-28)5-8-36(17)15-26-34-23-3-2-18(29(38)39)11-24(23)37(26)14-21-6-9-40-21/h2-4,7,11-13,17,20-21H,5-6,8-10,14-16H2,1H3,(H,38,39)/t17-,20-,21-/m0/s1. The van der Waals surface area contributed by atoms with E-state index in [-0.39, 0.29) is 41.3 Å². The molecule has 6 rings (SSSR count). The van der Waals surface area contributed by atoms with Crippen LogP contribution in [0.25, 0.3) is 11.0 Å². The Balaban J connectivity index is 1.09. The van der Waals surface area contributed by atoms with Crippen LogP contribution in [-0.4, -0.2) is 71.9 Å². The fraction of sp³-hybridized carbons (Fsp3) is 0.414. The summed E-state index contributed by atoms with van der Waals surface area (Å²) >= 11 is 5.74. The number of likely N-dealkylation sites (tertiary alicyclic amines) is 1. The number of aromatic carboxylic acids is 1. The molecule has 0 aliphatic carbocycles. The minimum absolute atomic E-state index is 0.0457. The first-order valence-electron chi connectivity index (χ1n) is 13.8. The summed E-state index contributed by atoms with van der Waals surface area (Å²) in [6.45, 7) is 4.89. The molecule has 13 heteroatoms. The second-order valence-corrected chi connectivity index (χ2v) is 11.0. The molecule has 0 saturated carbocycles. The summed E-state index contributed by atoms with van der Waals surface area (Å²) in [6.07, 6.45) is 5.49. The zero-order chi connectivity index (χ0) is 29.2. The largest absolute Gasteiger partial charge is 0.478 e. The van der Waals surface area contributed by atoms with Crippen molar-refractivity contribution in [2.75, 3.05) is 13.2 Å². The number of ether oxygens (including phenoxy) is 3. The maximum Gasteiger partial charge on any atom is 0.335 e. The number of hydrogen-bond acceptors (Lipinski definition) is 9. The molecule has 2 saturated heterocycles. The number of pyridine rings is 1. The lowest BCUT2D eigenvalue weighted by molar-refractivity contribution is -0.0593. The molecule has 2 aliphatic rings. The van der Waals surface area contributed by atoms with Gasteiger partial charge in [-0.05, 0) is 50.5 Å². The lowest BCUT2D eigenvalue weighted by Crippen LogP contribution is -2.44. The predicted molar refractivity (Wildman–Crippen MR) is 150 cm³/mol. The van der Waals surface area contributed by atoms with E-state index in [9.17, 15) is 14.3 Å². The van der Waals surface area contributed by atoms with Crippen LogP contribution in [0.3, 0.4) is 0 Å². The average molecular weight is 597 g/mol. The van der Waals surface area contributed by atoms with Crippen LogP contribution in [0.15, 0.2) is 42.7 Å². The molecule has 2 aliphatic heterocycles. The molecule has 0 bridgehead atoms. The predicted octanol–water partition coefficient (Wildman–Crippen LogP) is 4.51. The molecular weight excluding hydrogens is 567 g/mol. The average Bonchev–Trinajstić information content (AvgIpc) is 3.28. The summed E-state index contributed by atoms with van der Waals surface area (Å²) in [5, 5.41) is 9.69. The molecule has 2 fully saturated rings. The van der Waals surface area contributed by atoms with E-state index < -0.39 is 11.8 Å². The van der Waals surface area contributed by atoms with Crippen LogP contribution >= 0.6 is 11.6 Å². The minimum atomic E-state index is -0.961. The summed E-state index contributed by atoms with van der Waals surface area (Å²) in [7, 11) is 0. The van der Waals surface area contributed by atoms with Gasteiger partial charge in [0.2, 0.25) is 5.88 Å². The van der Waals surface area contributed by atoms with Crippen molar-refractivity contribution in [2.45, 2.75) is 64.1 Å². The summed E-state index contributed by atoms with van der Waals surface area (Å²) < 4.78 is 33.4. The second kappa shape index (κ2) is 12.2. The van der Waals surface area contributed by atoms with Crippen molar-refractivity contribution < 1.29 is 28.5 Å². The number of piperidine rings is 1. The summed E-state index contributed by atoms with van der Waals surface area (Å²) in [4.78, 5) is 31.3. The monoisotopic (exact) mass is 596 g/mol. The van der Waals surface area contributed by atoms with E-state index in [0.29, 0.717) is 24.8 Å². The molecule has 3 atom stereocenters. The summed E-state index contributed by atoms with van der Waals surface area (Å²) in [5.74, 6) is -0.136. The summed E-state index contributed by atoms with van der Waals surface area (Å²) in [6, 6.07) is 8.08. The number of hydrogen-bond donors (Lipinski definition) is 1. The van der Waals surface area contributed by atoms with E-state index in [1.54, 1.807) is 30.5 Å². The van der Waals surface area contributed by atoms with Crippen molar-refractivity contribution in [1.82, 2.24) is 29.4 Å². The van der Waals surface area contributed by atoms with E-state index in [1.807, 2.05) is 0 Å². The van der Waals surface area contributed by atoms with Crippen molar-refractivity contribution >= 4 is 28.6 Å². The van der Waals surface area contributed by atoms with Gasteiger partial charge in [0.1, 0.15) is 18.5 Å². The van der Waals surface area contributed by atoms with Gasteiger partial charge < -0.3 is 23.9 Å². The number of nitrogens with zero attached hydrogens (tertiary/aromatic N) is 6. The molecule has 4 aromatic rings. The van der Waals surface area contributed by atoms with Crippen LogP contribution in [-0.2, 0) is 24.4 Å². The number of rotatable bonds is 10. The Bertz CT molecular complexity index is 1600. The smallest absolute Gasteiger partial charge is 0.335 e. The number of imidazole rings is 1. The minimum Gasteiger partial charge on any atom is -0.478 e. The van der Waals surface area contributed by atoms with Gasteiger partial charge in [0.25, 0.3) is 5.88 Å². The maximum absolute atomic E-state index is 14.0. The van der Waals surface area contributed by atoms with Crippen LogP contribution in [0.5, 0.6) is 11.8 Å². The van der Waals surface area contributed by atoms with Crippen LogP contribution in [0, 0.1) is 5.82 Å². The Morgan fingerprint density at radius 3 is 2.81 bits per heavy atom. The number of carboxylic acid groups (broad SMARTS) is 1. The number of carbonyl (C=O) groups is 1. The quantitative estimate of drug-likeness (QED) is 0.279. The van der Waals surface area contributed by atoms with Gasteiger partial charge >= 0.3 is 5.97 Å². The fourth-order valence-corrected chi connectivity index (χ4v) is 5.44. The number of carboxylic acids is 1. The number of fused-ring (bicyclic) bond motifs is 1. The molecular formula is C29H30ClFN6O5. The topological polar surface area (TPSA) is 125 Å². The zero-order valence-corrected chi connectivity index (χ0v) is 23.7. The zero-order valence-electron chi connectivity index (χ0n) is 22.9. The van der Waals surface area contributed by atoms with Crippen LogP contribution < -0.4 is 9.47 Å².